The molecule has 2 aromatic rings. The smallest absolute Gasteiger partial charge is 0.744 e. The minimum atomic E-state index is -4.42. The molecule has 0 aromatic heterocycles. The zero-order chi connectivity index (χ0) is 12.5. The van der Waals surface area contributed by atoms with Gasteiger partial charge in [-0.2, -0.15) is 0 Å². The Balaban J connectivity index is 0.00000162. The Kier molecular flexibility index (Phi) is 5.98. The second-order valence-corrected chi connectivity index (χ2v) is 5.32. The largest absolute Gasteiger partial charge is 1.00 e. The zero-order valence-corrected chi connectivity index (χ0v) is 14.5. The molecule has 0 saturated carbocycles. The second kappa shape index (κ2) is 6.61. The van der Waals surface area contributed by atoms with Gasteiger partial charge in [-0.05, 0) is 23.4 Å². The van der Waals surface area contributed by atoms with E-state index >= 15 is 0 Å². The van der Waals surface area contributed by atoms with E-state index in [0.29, 0.717) is 5.39 Å². The molecule has 5 heteroatoms. The van der Waals surface area contributed by atoms with Crippen LogP contribution in [0.3, 0.4) is 0 Å². The van der Waals surface area contributed by atoms with Crippen molar-refractivity contribution in [2.45, 2.75) is 24.7 Å². The summed E-state index contributed by atoms with van der Waals surface area (Å²) in [6.07, 6.45) is 1.68. The van der Waals surface area contributed by atoms with Crippen LogP contribution in [0.5, 0.6) is 0 Å². The van der Waals surface area contributed by atoms with Crippen molar-refractivity contribution in [2.75, 3.05) is 0 Å². The second-order valence-electron chi connectivity index (χ2n) is 3.98. The fourth-order valence-electron chi connectivity index (χ4n) is 2.07. The van der Waals surface area contributed by atoms with E-state index in [4.69, 9.17) is 0 Å². The third-order valence-electron chi connectivity index (χ3n) is 2.74. The summed E-state index contributed by atoms with van der Waals surface area (Å²) in [7, 11) is -4.42. The van der Waals surface area contributed by atoms with Crippen molar-refractivity contribution in [1.29, 1.82) is 0 Å². The van der Waals surface area contributed by atoms with Crippen LogP contribution in [0, 0.1) is 0 Å². The molecule has 0 heterocycles. The van der Waals surface area contributed by atoms with Crippen molar-refractivity contribution >= 4 is 20.9 Å². The maximum atomic E-state index is 11.2. The first-order valence-electron chi connectivity index (χ1n) is 5.50. The Morgan fingerprint density at radius 2 is 1.72 bits per heavy atom. The summed E-state index contributed by atoms with van der Waals surface area (Å²) in [5.41, 5.74) is 0.917. The van der Waals surface area contributed by atoms with Crippen LogP contribution >= 0.6 is 0 Å². The fourth-order valence-corrected chi connectivity index (χ4v) is 2.81. The maximum absolute atomic E-state index is 11.2. The van der Waals surface area contributed by atoms with Gasteiger partial charge >= 0.3 is 51.4 Å². The van der Waals surface area contributed by atoms with Crippen LogP contribution in [0.4, 0.5) is 0 Å². The van der Waals surface area contributed by atoms with Crippen LogP contribution in [0.15, 0.2) is 41.3 Å². The molecule has 2 rings (SSSR count). The van der Waals surface area contributed by atoms with Crippen molar-refractivity contribution < 1.29 is 64.4 Å². The van der Waals surface area contributed by atoms with Gasteiger partial charge in [-0.1, -0.05) is 43.7 Å². The standard InChI is InChI=1S/C13H14O3S.K/c1-2-5-10-6-3-7-11-8-4-9-12(13(10)11)17(14,15)16;/h3-4,6-9H,2,5H2,1H3,(H,14,15,16);/q;+1/p-1. The summed E-state index contributed by atoms with van der Waals surface area (Å²) in [5, 5.41) is 1.37. The average Bonchev–Trinajstić information content (AvgIpc) is 2.28. The molecule has 18 heavy (non-hydrogen) atoms. The molecular weight excluding hydrogens is 275 g/mol. The minimum absolute atomic E-state index is 0. The van der Waals surface area contributed by atoms with Gasteiger partial charge < -0.3 is 4.55 Å². The predicted molar refractivity (Wildman–Crippen MR) is 65.9 cm³/mol. The molecule has 0 unspecified atom stereocenters. The van der Waals surface area contributed by atoms with Crippen LogP contribution in [0.2, 0.25) is 0 Å². The molecule has 0 aliphatic carbocycles. The molecule has 90 valence electrons. The molecule has 0 radical (unpaired) electrons. The number of rotatable bonds is 3. The number of hydrogen-bond donors (Lipinski definition) is 0. The first-order valence-corrected chi connectivity index (χ1v) is 6.91. The molecule has 0 spiro atoms. The van der Waals surface area contributed by atoms with Crippen LogP contribution in [0.1, 0.15) is 18.9 Å². The Hall–Kier alpha value is 0.246. The summed E-state index contributed by atoms with van der Waals surface area (Å²) in [6, 6.07) is 10.4. The predicted octanol–water partition coefficient (Wildman–Crippen LogP) is -0.300. The fraction of sp³-hybridized carbons (Fsp3) is 0.231. The topological polar surface area (TPSA) is 57.2 Å². The number of aryl methyl sites for hydroxylation is 1. The molecule has 0 amide bonds. The first-order chi connectivity index (χ1) is 8.04. The van der Waals surface area contributed by atoms with Crippen LogP contribution in [-0.4, -0.2) is 13.0 Å². The third-order valence-corrected chi connectivity index (χ3v) is 3.62. The summed E-state index contributed by atoms with van der Waals surface area (Å²) in [5.74, 6) is 0. The van der Waals surface area contributed by atoms with E-state index in [9.17, 15) is 13.0 Å². The Morgan fingerprint density at radius 1 is 1.11 bits per heavy atom. The molecule has 0 fully saturated rings. The molecule has 0 aliphatic heterocycles. The molecule has 0 atom stereocenters. The van der Waals surface area contributed by atoms with Crippen LogP contribution < -0.4 is 51.4 Å². The van der Waals surface area contributed by atoms with Gasteiger partial charge in [0.15, 0.2) is 0 Å². The summed E-state index contributed by atoms with van der Waals surface area (Å²) >= 11 is 0. The van der Waals surface area contributed by atoms with Crippen LogP contribution in [0.25, 0.3) is 10.8 Å². The van der Waals surface area contributed by atoms with Gasteiger partial charge in [-0.25, -0.2) is 8.42 Å². The SMILES string of the molecule is CCCc1cccc2cccc(S(=O)(=O)[O-])c12.[K+]. The minimum Gasteiger partial charge on any atom is -0.744 e. The molecule has 0 bridgehead atoms. The Bertz CT molecular complexity index is 645. The Labute approximate surface area is 150 Å². The van der Waals surface area contributed by atoms with Gasteiger partial charge in [0.2, 0.25) is 0 Å². The van der Waals surface area contributed by atoms with Crippen molar-refractivity contribution in [3.8, 4) is 0 Å². The van der Waals surface area contributed by atoms with Gasteiger partial charge in [-0.3, -0.25) is 0 Å². The van der Waals surface area contributed by atoms with Crippen molar-refractivity contribution in [2.24, 2.45) is 0 Å². The van der Waals surface area contributed by atoms with E-state index in [2.05, 4.69) is 0 Å². The molecule has 0 aliphatic rings. The molecular formula is C13H13KO3S. The molecule has 0 N–H and O–H groups in total. The van der Waals surface area contributed by atoms with Gasteiger partial charge in [-0.15, -0.1) is 0 Å². The van der Waals surface area contributed by atoms with E-state index in [1.54, 1.807) is 6.07 Å². The molecule has 0 saturated heterocycles. The first kappa shape index (κ1) is 16.3. The molecule has 2 aromatic carbocycles. The Morgan fingerprint density at radius 3 is 2.28 bits per heavy atom. The van der Waals surface area contributed by atoms with E-state index in [-0.39, 0.29) is 56.3 Å². The summed E-state index contributed by atoms with van der Waals surface area (Å²) in [6.45, 7) is 2.02. The average molecular weight is 288 g/mol. The van der Waals surface area contributed by atoms with Crippen molar-refractivity contribution in [3.05, 3.63) is 42.0 Å². The van der Waals surface area contributed by atoms with Gasteiger partial charge in [0, 0.05) is 5.39 Å². The van der Waals surface area contributed by atoms with Gasteiger partial charge in [0.25, 0.3) is 0 Å². The van der Waals surface area contributed by atoms with Crippen LogP contribution in [-0.2, 0) is 16.5 Å². The summed E-state index contributed by atoms with van der Waals surface area (Å²) in [4.78, 5) is -0.112. The zero-order valence-electron chi connectivity index (χ0n) is 10.5. The van der Waals surface area contributed by atoms with E-state index in [0.717, 1.165) is 23.8 Å². The third kappa shape index (κ3) is 3.42. The summed E-state index contributed by atoms with van der Waals surface area (Å²) < 4.78 is 33.7. The quantitative estimate of drug-likeness (QED) is 0.575. The van der Waals surface area contributed by atoms with Crippen molar-refractivity contribution in [3.63, 3.8) is 0 Å². The number of benzene rings is 2. The molecule has 3 nitrogen and oxygen atoms in total. The van der Waals surface area contributed by atoms with Crippen molar-refractivity contribution in [1.82, 2.24) is 0 Å². The van der Waals surface area contributed by atoms with Gasteiger partial charge in [0.05, 0.1) is 4.90 Å². The van der Waals surface area contributed by atoms with E-state index in [1.807, 2.05) is 31.2 Å². The van der Waals surface area contributed by atoms with E-state index < -0.39 is 10.1 Å². The maximum Gasteiger partial charge on any atom is 1.00 e. The van der Waals surface area contributed by atoms with Gasteiger partial charge in [0.1, 0.15) is 10.1 Å². The number of hydrogen-bond acceptors (Lipinski definition) is 3. The van der Waals surface area contributed by atoms with E-state index in [1.165, 1.54) is 6.07 Å². The normalized spacial score (nSPS) is 11.2. The number of fused-ring (bicyclic) bond motifs is 1. The monoisotopic (exact) mass is 288 g/mol.